The average molecular weight is 392 g/mol. The maximum Gasteiger partial charge on any atom is 0.253 e. The minimum Gasteiger partial charge on any atom is -0.489 e. The lowest BCUT2D eigenvalue weighted by molar-refractivity contribution is 0.0773. The Morgan fingerprint density at radius 2 is 2.00 bits per heavy atom. The van der Waals surface area contributed by atoms with E-state index in [1.54, 1.807) is 37.4 Å². The number of ether oxygens (including phenoxy) is 1. The number of para-hydroxylation sites is 1. The second-order valence-corrected chi connectivity index (χ2v) is 8.34. The molecular weight excluding hydrogens is 371 g/mol. The van der Waals surface area contributed by atoms with E-state index in [0.29, 0.717) is 30.8 Å². The Kier molecular flexibility index (Phi) is 5.36. The predicted octanol–water partition coefficient (Wildman–Crippen LogP) is 2.30. The Labute approximate surface area is 158 Å². The van der Waals surface area contributed by atoms with Gasteiger partial charge in [0.1, 0.15) is 6.61 Å². The van der Waals surface area contributed by atoms with E-state index in [2.05, 4.69) is 0 Å². The number of sulfonamides is 1. The molecule has 2 aromatic rings. The monoisotopic (exact) mass is 392 g/mol. The molecule has 0 atom stereocenters. The number of halogens is 1. The molecule has 144 valence electrons. The lowest BCUT2D eigenvalue weighted by atomic mass is 10.1. The van der Waals surface area contributed by atoms with E-state index in [1.165, 1.54) is 27.6 Å². The van der Waals surface area contributed by atoms with Crippen LogP contribution in [0, 0.1) is 5.82 Å². The minimum atomic E-state index is -3.32. The van der Waals surface area contributed by atoms with E-state index in [4.69, 9.17) is 4.74 Å². The quantitative estimate of drug-likeness (QED) is 0.757. The highest BCUT2D eigenvalue weighted by Crippen LogP contribution is 2.31. The third-order valence-electron chi connectivity index (χ3n) is 4.45. The second kappa shape index (κ2) is 7.56. The number of carbonyl (C=O) groups excluding carboxylic acids is 1. The molecule has 0 N–H and O–H groups in total. The van der Waals surface area contributed by atoms with Gasteiger partial charge in [-0.15, -0.1) is 0 Å². The second-order valence-electron chi connectivity index (χ2n) is 6.43. The van der Waals surface area contributed by atoms with Crippen molar-refractivity contribution in [3.63, 3.8) is 0 Å². The van der Waals surface area contributed by atoms with Gasteiger partial charge in [-0.25, -0.2) is 12.8 Å². The van der Waals surface area contributed by atoms with Gasteiger partial charge in [0, 0.05) is 19.2 Å². The summed E-state index contributed by atoms with van der Waals surface area (Å²) in [5.74, 6) is -0.495. The van der Waals surface area contributed by atoms with Crippen molar-refractivity contribution in [2.75, 3.05) is 37.3 Å². The van der Waals surface area contributed by atoms with Gasteiger partial charge in [-0.05, 0) is 42.3 Å². The highest BCUT2D eigenvalue weighted by atomic mass is 32.2. The molecule has 1 amide bonds. The molecule has 0 fully saturated rings. The lowest BCUT2D eigenvalue weighted by Gasteiger charge is -2.19. The Hall–Kier alpha value is -2.61. The van der Waals surface area contributed by atoms with E-state index in [0.717, 1.165) is 5.56 Å². The first-order valence-electron chi connectivity index (χ1n) is 8.51. The molecule has 1 aliphatic rings. The summed E-state index contributed by atoms with van der Waals surface area (Å²) in [5, 5.41) is 0. The van der Waals surface area contributed by atoms with Crippen molar-refractivity contribution in [3.05, 3.63) is 59.4 Å². The van der Waals surface area contributed by atoms with Crippen LogP contribution in [0.5, 0.6) is 5.75 Å². The Morgan fingerprint density at radius 3 is 2.70 bits per heavy atom. The molecule has 0 saturated heterocycles. The number of likely N-dealkylation sites (N-methyl/N-ethyl adjacent to an activating group) is 1. The van der Waals surface area contributed by atoms with Gasteiger partial charge >= 0.3 is 0 Å². The number of fused-ring (bicyclic) bond motifs is 1. The van der Waals surface area contributed by atoms with Crippen LogP contribution in [-0.4, -0.2) is 52.2 Å². The van der Waals surface area contributed by atoms with E-state index in [-0.39, 0.29) is 18.3 Å². The molecule has 0 radical (unpaired) electrons. The molecule has 0 spiro atoms. The van der Waals surface area contributed by atoms with E-state index >= 15 is 0 Å². The SMILES string of the molecule is CN(CCOc1ccccc1F)C(=O)c1ccc2c(c1)CCN2S(C)(=O)=O. The van der Waals surface area contributed by atoms with Crippen molar-refractivity contribution in [1.29, 1.82) is 0 Å². The summed E-state index contributed by atoms with van der Waals surface area (Å²) in [5.41, 5.74) is 1.94. The summed E-state index contributed by atoms with van der Waals surface area (Å²) in [6.07, 6.45) is 1.74. The van der Waals surface area contributed by atoms with Crippen molar-refractivity contribution in [1.82, 2.24) is 4.90 Å². The zero-order chi connectivity index (χ0) is 19.6. The topological polar surface area (TPSA) is 66.9 Å². The van der Waals surface area contributed by atoms with E-state index in [9.17, 15) is 17.6 Å². The molecule has 0 saturated carbocycles. The van der Waals surface area contributed by atoms with Crippen LogP contribution in [0.4, 0.5) is 10.1 Å². The van der Waals surface area contributed by atoms with Crippen molar-refractivity contribution < 1.29 is 22.3 Å². The van der Waals surface area contributed by atoms with Crippen molar-refractivity contribution in [2.45, 2.75) is 6.42 Å². The lowest BCUT2D eigenvalue weighted by Crippen LogP contribution is -2.31. The maximum absolute atomic E-state index is 13.5. The van der Waals surface area contributed by atoms with Crippen LogP contribution in [0.2, 0.25) is 0 Å². The molecule has 6 nitrogen and oxygen atoms in total. The standard InChI is InChI=1S/C19H21FN2O4S/c1-21(11-12-26-18-6-4-3-5-16(18)20)19(23)15-7-8-17-14(13-15)9-10-22(17)27(2,24)25/h3-8,13H,9-12H2,1-2H3. The van der Waals surface area contributed by atoms with Crippen LogP contribution in [0.25, 0.3) is 0 Å². The van der Waals surface area contributed by atoms with Gasteiger partial charge in [0.25, 0.3) is 5.91 Å². The molecular formula is C19H21FN2O4S. The van der Waals surface area contributed by atoms with Gasteiger partial charge in [-0.2, -0.15) is 0 Å². The zero-order valence-corrected chi connectivity index (χ0v) is 16.0. The smallest absolute Gasteiger partial charge is 0.253 e. The normalized spacial score (nSPS) is 13.4. The Balaban J connectivity index is 1.63. The van der Waals surface area contributed by atoms with Crippen LogP contribution in [0.3, 0.4) is 0 Å². The first-order valence-corrected chi connectivity index (χ1v) is 10.4. The van der Waals surface area contributed by atoms with Crippen LogP contribution < -0.4 is 9.04 Å². The van der Waals surface area contributed by atoms with Gasteiger partial charge < -0.3 is 9.64 Å². The van der Waals surface area contributed by atoms with Crippen LogP contribution in [-0.2, 0) is 16.4 Å². The maximum atomic E-state index is 13.5. The van der Waals surface area contributed by atoms with Gasteiger partial charge in [-0.3, -0.25) is 9.10 Å². The summed E-state index contributed by atoms with van der Waals surface area (Å²) >= 11 is 0. The number of rotatable bonds is 6. The molecule has 0 aliphatic carbocycles. The molecule has 1 aliphatic heterocycles. The van der Waals surface area contributed by atoms with Crippen molar-refractivity contribution in [2.24, 2.45) is 0 Å². The van der Waals surface area contributed by atoms with Crippen LogP contribution in [0.15, 0.2) is 42.5 Å². The molecule has 8 heteroatoms. The number of nitrogens with zero attached hydrogens (tertiary/aromatic N) is 2. The summed E-state index contributed by atoms with van der Waals surface area (Å²) in [7, 11) is -1.67. The third-order valence-corrected chi connectivity index (χ3v) is 5.63. The molecule has 0 bridgehead atoms. The summed E-state index contributed by atoms with van der Waals surface area (Å²) in [6, 6.07) is 11.1. The molecule has 0 unspecified atom stereocenters. The first kappa shape index (κ1) is 19.2. The zero-order valence-electron chi connectivity index (χ0n) is 15.2. The number of amides is 1. The summed E-state index contributed by atoms with van der Waals surface area (Å²) < 4.78 is 43.8. The van der Waals surface area contributed by atoms with E-state index < -0.39 is 15.8 Å². The molecule has 2 aromatic carbocycles. The summed E-state index contributed by atoms with van der Waals surface area (Å²) in [6.45, 7) is 0.841. The highest BCUT2D eigenvalue weighted by molar-refractivity contribution is 7.92. The number of benzene rings is 2. The highest BCUT2D eigenvalue weighted by Gasteiger charge is 2.27. The summed E-state index contributed by atoms with van der Waals surface area (Å²) in [4.78, 5) is 14.1. The van der Waals surface area contributed by atoms with Crippen molar-refractivity contribution in [3.8, 4) is 5.75 Å². The van der Waals surface area contributed by atoms with E-state index in [1.807, 2.05) is 0 Å². The van der Waals surface area contributed by atoms with Crippen LogP contribution in [0.1, 0.15) is 15.9 Å². The number of anilines is 1. The van der Waals surface area contributed by atoms with Crippen LogP contribution >= 0.6 is 0 Å². The number of hydrogen-bond acceptors (Lipinski definition) is 4. The molecule has 27 heavy (non-hydrogen) atoms. The first-order chi connectivity index (χ1) is 12.8. The average Bonchev–Trinajstić information content (AvgIpc) is 3.06. The van der Waals surface area contributed by atoms with Gasteiger partial charge in [0.2, 0.25) is 10.0 Å². The Bertz CT molecular complexity index is 962. The van der Waals surface area contributed by atoms with Gasteiger partial charge in [0.15, 0.2) is 11.6 Å². The molecule has 1 heterocycles. The van der Waals surface area contributed by atoms with Gasteiger partial charge in [-0.1, -0.05) is 12.1 Å². The van der Waals surface area contributed by atoms with Crippen molar-refractivity contribution >= 4 is 21.6 Å². The third kappa shape index (κ3) is 4.21. The predicted molar refractivity (Wildman–Crippen MR) is 101 cm³/mol. The fraction of sp³-hybridized carbons (Fsp3) is 0.316. The number of hydrogen-bond donors (Lipinski definition) is 0. The molecule has 3 rings (SSSR count). The largest absolute Gasteiger partial charge is 0.489 e. The number of carbonyl (C=O) groups is 1. The fourth-order valence-corrected chi connectivity index (χ4v) is 3.98. The molecule has 0 aromatic heterocycles. The Morgan fingerprint density at radius 1 is 1.26 bits per heavy atom. The minimum absolute atomic E-state index is 0.150. The fourth-order valence-electron chi connectivity index (χ4n) is 3.03. The van der Waals surface area contributed by atoms with Gasteiger partial charge in [0.05, 0.1) is 18.5 Å².